The van der Waals surface area contributed by atoms with Crippen molar-refractivity contribution >= 4 is 0 Å². The van der Waals surface area contributed by atoms with E-state index in [1.54, 1.807) is 0 Å². The van der Waals surface area contributed by atoms with Gasteiger partial charge in [0.1, 0.15) is 0 Å². The summed E-state index contributed by atoms with van der Waals surface area (Å²) in [5.41, 5.74) is 2.88. The molecule has 4 heteroatoms. The highest BCUT2D eigenvalue weighted by Crippen LogP contribution is 2.34. The van der Waals surface area contributed by atoms with Crippen molar-refractivity contribution in [1.82, 2.24) is 20.0 Å². The van der Waals surface area contributed by atoms with Crippen LogP contribution in [0.1, 0.15) is 24.6 Å². The monoisotopic (exact) mass is 200 g/mol. The molecule has 1 aliphatic carbocycles. The Morgan fingerprint density at radius 3 is 2.80 bits per heavy atom. The second-order valence-electron chi connectivity index (χ2n) is 4.00. The number of nitrogens with zero attached hydrogens (tertiary/aromatic N) is 4. The van der Waals surface area contributed by atoms with Gasteiger partial charge in [-0.2, -0.15) is 15.3 Å². The normalized spacial score (nSPS) is 15.5. The molecule has 2 aromatic rings. The predicted octanol–water partition coefficient (Wildman–Crippen LogP) is 1.98. The van der Waals surface area contributed by atoms with Crippen molar-refractivity contribution in [2.75, 3.05) is 0 Å². The van der Waals surface area contributed by atoms with Crippen LogP contribution < -0.4 is 0 Å². The molecule has 0 unspecified atom stereocenters. The van der Waals surface area contributed by atoms with Gasteiger partial charge < -0.3 is 0 Å². The highest BCUT2D eigenvalue weighted by atomic mass is 15.3. The zero-order chi connectivity index (χ0) is 10.3. The minimum Gasteiger partial charge on any atom is -0.269 e. The molecule has 0 atom stereocenters. The van der Waals surface area contributed by atoms with Crippen molar-refractivity contribution in [3.8, 4) is 11.3 Å². The van der Waals surface area contributed by atoms with Crippen LogP contribution in [0.15, 0.2) is 24.5 Å². The summed E-state index contributed by atoms with van der Waals surface area (Å²) < 4.78 is 2.02. The average molecular weight is 200 g/mol. The molecule has 0 bridgehead atoms. The van der Waals surface area contributed by atoms with Gasteiger partial charge in [0.05, 0.1) is 23.6 Å². The first-order valence-corrected chi connectivity index (χ1v) is 5.18. The molecule has 4 nitrogen and oxygen atoms in total. The first-order valence-electron chi connectivity index (χ1n) is 5.18. The van der Waals surface area contributed by atoms with Crippen LogP contribution in [0.3, 0.4) is 0 Å². The highest BCUT2D eigenvalue weighted by Gasteiger charge is 2.24. The quantitative estimate of drug-likeness (QED) is 0.744. The Labute approximate surface area is 88.0 Å². The van der Waals surface area contributed by atoms with Crippen molar-refractivity contribution in [3.63, 3.8) is 0 Å². The lowest BCUT2D eigenvalue weighted by molar-refractivity contribution is 0.642. The molecule has 0 amide bonds. The van der Waals surface area contributed by atoms with E-state index in [0.717, 1.165) is 17.0 Å². The van der Waals surface area contributed by atoms with Gasteiger partial charge in [0.15, 0.2) is 0 Å². The van der Waals surface area contributed by atoms with E-state index in [1.807, 2.05) is 29.9 Å². The lowest BCUT2D eigenvalue weighted by Crippen LogP contribution is -1.92. The van der Waals surface area contributed by atoms with Crippen molar-refractivity contribution < 1.29 is 0 Å². The van der Waals surface area contributed by atoms with E-state index in [1.165, 1.54) is 12.8 Å². The summed E-state index contributed by atoms with van der Waals surface area (Å²) in [5.74, 6) is 0. The van der Waals surface area contributed by atoms with Gasteiger partial charge in [-0.25, -0.2) is 0 Å². The summed E-state index contributed by atoms with van der Waals surface area (Å²) in [4.78, 5) is 0. The molecule has 15 heavy (non-hydrogen) atoms. The molecular formula is C11H12N4. The van der Waals surface area contributed by atoms with Gasteiger partial charge in [-0.1, -0.05) is 0 Å². The van der Waals surface area contributed by atoms with Crippen molar-refractivity contribution in [2.24, 2.45) is 0 Å². The number of hydrogen-bond donors (Lipinski definition) is 0. The molecule has 1 fully saturated rings. The van der Waals surface area contributed by atoms with Gasteiger partial charge in [0.2, 0.25) is 0 Å². The Hall–Kier alpha value is -1.71. The summed E-state index contributed by atoms with van der Waals surface area (Å²) in [6.07, 6.45) is 6.41. The van der Waals surface area contributed by atoms with E-state index in [0.29, 0.717) is 6.04 Å². The van der Waals surface area contributed by atoms with Crippen LogP contribution in [0.5, 0.6) is 0 Å². The third-order valence-corrected chi connectivity index (χ3v) is 2.62. The number of aromatic nitrogens is 4. The highest BCUT2D eigenvalue weighted by molar-refractivity contribution is 5.56. The first kappa shape index (κ1) is 8.59. The summed E-state index contributed by atoms with van der Waals surface area (Å²) in [5, 5.41) is 12.5. The van der Waals surface area contributed by atoms with Crippen LogP contribution in [0.25, 0.3) is 11.3 Å². The zero-order valence-electron chi connectivity index (χ0n) is 8.59. The van der Waals surface area contributed by atoms with Crippen molar-refractivity contribution in [2.45, 2.75) is 25.8 Å². The fraction of sp³-hybridized carbons (Fsp3) is 0.364. The molecule has 0 N–H and O–H groups in total. The number of hydrogen-bond acceptors (Lipinski definition) is 3. The fourth-order valence-electron chi connectivity index (χ4n) is 1.56. The molecule has 2 heterocycles. The molecule has 0 aliphatic heterocycles. The van der Waals surface area contributed by atoms with E-state index in [-0.39, 0.29) is 0 Å². The van der Waals surface area contributed by atoms with E-state index in [2.05, 4.69) is 21.5 Å². The maximum atomic E-state index is 4.33. The number of aryl methyl sites for hydroxylation is 1. The lowest BCUT2D eigenvalue weighted by Gasteiger charge is -1.95. The summed E-state index contributed by atoms with van der Waals surface area (Å²) in [6, 6.07) is 4.57. The van der Waals surface area contributed by atoms with Crippen LogP contribution in [-0.4, -0.2) is 20.0 Å². The molecule has 0 aromatic carbocycles. The third-order valence-electron chi connectivity index (χ3n) is 2.62. The SMILES string of the molecule is Cc1ccc(-c2cnn(C3CC3)c2)nn1. The Morgan fingerprint density at radius 1 is 1.27 bits per heavy atom. The zero-order valence-corrected chi connectivity index (χ0v) is 8.59. The Balaban J connectivity index is 1.93. The molecule has 2 aromatic heterocycles. The van der Waals surface area contributed by atoms with Gasteiger partial charge in [0.25, 0.3) is 0 Å². The van der Waals surface area contributed by atoms with Crippen LogP contribution in [0, 0.1) is 6.92 Å². The van der Waals surface area contributed by atoms with Crippen LogP contribution in [0.2, 0.25) is 0 Å². The number of rotatable bonds is 2. The van der Waals surface area contributed by atoms with Gasteiger partial charge in [0, 0.05) is 11.8 Å². The van der Waals surface area contributed by atoms with E-state index < -0.39 is 0 Å². The largest absolute Gasteiger partial charge is 0.269 e. The minimum atomic E-state index is 0.622. The molecule has 0 spiro atoms. The average Bonchev–Trinajstić information content (AvgIpc) is 2.99. The molecule has 1 saturated carbocycles. The van der Waals surface area contributed by atoms with Crippen LogP contribution >= 0.6 is 0 Å². The topological polar surface area (TPSA) is 43.6 Å². The molecule has 0 radical (unpaired) electrons. The molecule has 3 rings (SSSR count). The first-order chi connectivity index (χ1) is 7.33. The van der Waals surface area contributed by atoms with Crippen LogP contribution in [-0.2, 0) is 0 Å². The minimum absolute atomic E-state index is 0.622. The lowest BCUT2D eigenvalue weighted by atomic mass is 10.2. The van der Waals surface area contributed by atoms with Crippen molar-refractivity contribution in [3.05, 3.63) is 30.2 Å². The summed E-state index contributed by atoms with van der Waals surface area (Å²) in [6.45, 7) is 1.93. The molecular weight excluding hydrogens is 188 g/mol. The molecule has 1 aliphatic rings. The molecule has 0 saturated heterocycles. The fourth-order valence-corrected chi connectivity index (χ4v) is 1.56. The van der Waals surface area contributed by atoms with E-state index in [9.17, 15) is 0 Å². The summed E-state index contributed by atoms with van der Waals surface area (Å²) in [7, 11) is 0. The summed E-state index contributed by atoms with van der Waals surface area (Å²) >= 11 is 0. The predicted molar refractivity (Wildman–Crippen MR) is 56.3 cm³/mol. The smallest absolute Gasteiger partial charge is 0.0961 e. The Bertz CT molecular complexity index is 468. The van der Waals surface area contributed by atoms with E-state index in [4.69, 9.17) is 0 Å². The second kappa shape index (κ2) is 3.15. The Kier molecular flexibility index (Phi) is 1.80. The van der Waals surface area contributed by atoms with Gasteiger partial charge in [-0.3, -0.25) is 4.68 Å². The molecule has 76 valence electrons. The van der Waals surface area contributed by atoms with Crippen molar-refractivity contribution in [1.29, 1.82) is 0 Å². The van der Waals surface area contributed by atoms with Crippen LogP contribution in [0.4, 0.5) is 0 Å². The van der Waals surface area contributed by atoms with E-state index >= 15 is 0 Å². The van der Waals surface area contributed by atoms with Gasteiger partial charge in [-0.15, -0.1) is 0 Å². The van der Waals surface area contributed by atoms with Gasteiger partial charge in [-0.05, 0) is 31.9 Å². The van der Waals surface area contributed by atoms with Gasteiger partial charge >= 0.3 is 0 Å². The Morgan fingerprint density at radius 2 is 2.13 bits per heavy atom. The maximum absolute atomic E-state index is 4.33. The standard InChI is InChI=1S/C11H12N4/c1-8-2-5-11(14-13-8)9-6-12-15(7-9)10-3-4-10/h2,5-7,10H,3-4H2,1H3. The maximum Gasteiger partial charge on any atom is 0.0961 e. The third kappa shape index (κ3) is 1.63. The second-order valence-corrected chi connectivity index (χ2v) is 4.00.